The molecule has 3 atom stereocenters. The van der Waals surface area contributed by atoms with Crippen molar-refractivity contribution in [2.75, 3.05) is 11.9 Å². The van der Waals surface area contributed by atoms with E-state index in [0.29, 0.717) is 38.1 Å². The van der Waals surface area contributed by atoms with Gasteiger partial charge in [0.1, 0.15) is 6.10 Å². The molecule has 1 aromatic rings. The van der Waals surface area contributed by atoms with E-state index in [1.54, 1.807) is 6.07 Å². The smallest absolute Gasteiger partial charge is 0.306 e. The first-order valence-electron chi connectivity index (χ1n) is 9.05. The molecule has 1 aromatic carbocycles. The van der Waals surface area contributed by atoms with E-state index in [2.05, 4.69) is 10.6 Å². The SMILES string of the molecule is O=C(Nc1cccc(CNC(=O)[C@H]2CC[C@@H](C(=O)O)C2)c1)C1CCCO1. The van der Waals surface area contributed by atoms with E-state index in [0.717, 1.165) is 18.4 Å². The van der Waals surface area contributed by atoms with Crippen LogP contribution in [0.25, 0.3) is 0 Å². The van der Waals surface area contributed by atoms with Crippen LogP contribution in [-0.2, 0) is 25.7 Å². The molecule has 7 heteroatoms. The first-order chi connectivity index (χ1) is 12.5. The average molecular weight is 360 g/mol. The van der Waals surface area contributed by atoms with Crippen LogP contribution in [0.1, 0.15) is 37.7 Å². The number of rotatable bonds is 6. The fourth-order valence-electron chi connectivity index (χ4n) is 3.54. The Morgan fingerprint density at radius 3 is 2.62 bits per heavy atom. The summed E-state index contributed by atoms with van der Waals surface area (Å²) in [6.07, 6.45) is 2.81. The number of hydrogen-bond donors (Lipinski definition) is 3. The highest BCUT2D eigenvalue weighted by molar-refractivity contribution is 5.94. The molecule has 0 aromatic heterocycles. The molecule has 2 fully saturated rings. The lowest BCUT2D eigenvalue weighted by Crippen LogP contribution is -2.29. The van der Waals surface area contributed by atoms with Gasteiger partial charge in [-0.3, -0.25) is 14.4 Å². The molecule has 1 saturated heterocycles. The third-order valence-electron chi connectivity index (χ3n) is 5.04. The van der Waals surface area contributed by atoms with Crippen LogP contribution < -0.4 is 10.6 Å². The fraction of sp³-hybridized carbons (Fsp3) is 0.526. The summed E-state index contributed by atoms with van der Waals surface area (Å²) in [6, 6.07) is 7.31. The molecule has 140 valence electrons. The molecule has 0 bridgehead atoms. The zero-order valence-electron chi connectivity index (χ0n) is 14.6. The van der Waals surface area contributed by atoms with Gasteiger partial charge in [-0.1, -0.05) is 12.1 Å². The minimum absolute atomic E-state index is 0.109. The Balaban J connectivity index is 1.50. The number of benzene rings is 1. The lowest BCUT2D eigenvalue weighted by molar-refractivity contribution is -0.141. The first kappa shape index (κ1) is 18.4. The molecule has 1 heterocycles. The number of nitrogens with one attached hydrogen (secondary N) is 2. The van der Waals surface area contributed by atoms with Crippen molar-refractivity contribution in [3.63, 3.8) is 0 Å². The van der Waals surface area contributed by atoms with Gasteiger partial charge in [-0.05, 0) is 49.8 Å². The van der Waals surface area contributed by atoms with Crippen molar-refractivity contribution in [2.24, 2.45) is 11.8 Å². The van der Waals surface area contributed by atoms with Crippen molar-refractivity contribution < 1.29 is 24.2 Å². The molecule has 1 aliphatic carbocycles. The maximum Gasteiger partial charge on any atom is 0.306 e. The summed E-state index contributed by atoms with van der Waals surface area (Å²) in [5.74, 6) is -1.73. The largest absolute Gasteiger partial charge is 0.481 e. The minimum atomic E-state index is -0.824. The molecule has 1 unspecified atom stereocenters. The second-order valence-electron chi connectivity index (χ2n) is 6.95. The highest BCUT2D eigenvalue weighted by atomic mass is 16.5. The van der Waals surface area contributed by atoms with E-state index >= 15 is 0 Å². The standard InChI is InChI=1S/C19H24N2O5/c22-17(13-6-7-14(10-13)19(24)25)20-11-12-3-1-4-15(9-12)21-18(23)16-5-2-8-26-16/h1,3-4,9,13-14,16H,2,5-8,10-11H2,(H,20,22)(H,21,23)(H,24,25)/t13-,14+,16?/m0/s1. The number of carbonyl (C=O) groups excluding carboxylic acids is 2. The van der Waals surface area contributed by atoms with E-state index < -0.39 is 11.9 Å². The number of carboxylic acids is 1. The molecule has 0 spiro atoms. The summed E-state index contributed by atoms with van der Waals surface area (Å²) < 4.78 is 5.37. The third-order valence-corrected chi connectivity index (χ3v) is 5.04. The Morgan fingerprint density at radius 1 is 1.12 bits per heavy atom. The van der Waals surface area contributed by atoms with Gasteiger partial charge in [-0.25, -0.2) is 0 Å². The fourth-order valence-corrected chi connectivity index (χ4v) is 3.54. The van der Waals surface area contributed by atoms with Crippen LogP contribution in [0.2, 0.25) is 0 Å². The first-order valence-corrected chi connectivity index (χ1v) is 9.05. The van der Waals surface area contributed by atoms with Crippen LogP contribution >= 0.6 is 0 Å². The Morgan fingerprint density at radius 2 is 1.92 bits per heavy atom. The molecule has 3 N–H and O–H groups in total. The number of aliphatic carboxylic acids is 1. The van der Waals surface area contributed by atoms with Crippen LogP contribution in [0.15, 0.2) is 24.3 Å². The van der Waals surface area contributed by atoms with Crippen molar-refractivity contribution in [3.8, 4) is 0 Å². The summed E-state index contributed by atoms with van der Waals surface area (Å²) in [7, 11) is 0. The van der Waals surface area contributed by atoms with E-state index in [-0.39, 0.29) is 23.8 Å². The number of hydrogen-bond acceptors (Lipinski definition) is 4. The van der Waals surface area contributed by atoms with Crippen LogP contribution in [0.4, 0.5) is 5.69 Å². The molecule has 2 amide bonds. The van der Waals surface area contributed by atoms with Crippen molar-refractivity contribution in [2.45, 2.75) is 44.8 Å². The third kappa shape index (κ3) is 4.60. The highest BCUT2D eigenvalue weighted by Crippen LogP contribution is 2.31. The predicted octanol–water partition coefficient (Wildman–Crippen LogP) is 1.92. The topological polar surface area (TPSA) is 105 Å². The second-order valence-corrected chi connectivity index (χ2v) is 6.95. The normalized spacial score (nSPS) is 25.0. The van der Waals surface area contributed by atoms with Gasteiger partial charge in [0, 0.05) is 24.8 Å². The van der Waals surface area contributed by atoms with Gasteiger partial charge < -0.3 is 20.5 Å². The van der Waals surface area contributed by atoms with E-state index in [9.17, 15) is 14.4 Å². The summed E-state index contributed by atoms with van der Waals surface area (Å²) in [5, 5.41) is 14.7. The van der Waals surface area contributed by atoms with Crippen LogP contribution in [0.5, 0.6) is 0 Å². The quantitative estimate of drug-likeness (QED) is 0.719. The van der Waals surface area contributed by atoms with Crippen LogP contribution in [-0.4, -0.2) is 35.6 Å². The summed E-state index contributed by atoms with van der Waals surface area (Å²) >= 11 is 0. The van der Waals surface area contributed by atoms with Gasteiger partial charge in [-0.2, -0.15) is 0 Å². The Bertz CT molecular complexity index is 684. The monoisotopic (exact) mass is 360 g/mol. The predicted molar refractivity (Wildman–Crippen MR) is 94.4 cm³/mol. The number of ether oxygens (including phenoxy) is 1. The highest BCUT2D eigenvalue weighted by Gasteiger charge is 2.33. The van der Waals surface area contributed by atoms with Crippen molar-refractivity contribution in [1.82, 2.24) is 5.32 Å². The molecule has 0 radical (unpaired) electrons. The molecular weight excluding hydrogens is 336 g/mol. The van der Waals surface area contributed by atoms with Crippen LogP contribution in [0.3, 0.4) is 0 Å². The maximum atomic E-state index is 12.2. The van der Waals surface area contributed by atoms with Crippen LogP contribution in [0, 0.1) is 11.8 Å². The number of amides is 2. The average Bonchev–Trinajstić information content (AvgIpc) is 3.31. The van der Waals surface area contributed by atoms with E-state index in [1.165, 1.54) is 0 Å². The number of anilines is 1. The molecular formula is C19H24N2O5. The van der Waals surface area contributed by atoms with Gasteiger partial charge in [0.25, 0.3) is 5.91 Å². The minimum Gasteiger partial charge on any atom is -0.481 e. The van der Waals surface area contributed by atoms with Gasteiger partial charge in [-0.15, -0.1) is 0 Å². The number of carboxylic acid groups (broad SMARTS) is 1. The van der Waals surface area contributed by atoms with Gasteiger partial charge in [0.05, 0.1) is 5.92 Å². The second kappa shape index (κ2) is 8.31. The Kier molecular flexibility index (Phi) is 5.88. The summed E-state index contributed by atoms with van der Waals surface area (Å²) in [4.78, 5) is 35.3. The summed E-state index contributed by atoms with van der Waals surface area (Å²) in [5.41, 5.74) is 1.54. The number of carbonyl (C=O) groups is 3. The molecule has 2 aliphatic rings. The maximum absolute atomic E-state index is 12.2. The molecule has 26 heavy (non-hydrogen) atoms. The van der Waals surface area contributed by atoms with E-state index in [1.807, 2.05) is 18.2 Å². The summed E-state index contributed by atoms with van der Waals surface area (Å²) in [6.45, 7) is 0.963. The van der Waals surface area contributed by atoms with E-state index in [4.69, 9.17) is 9.84 Å². The molecule has 7 nitrogen and oxygen atoms in total. The van der Waals surface area contributed by atoms with Gasteiger partial charge >= 0.3 is 5.97 Å². The van der Waals surface area contributed by atoms with Crippen molar-refractivity contribution in [1.29, 1.82) is 0 Å². The van der Waals surface area contributed by atoms with Crippen molar-refractivity contribution >= 4 is 23.5 Å². The molecule has 1 saturated carbocycles. The Hall–Kier alpha value is -2.41. The zero-order valence-corrected chi connectivity index (χ0v) is 14.6. The lowest BCUT2D eigenvalue weighted by Gasteiger charge is -2.13. The lowest BCUT2D eigenvalue weighted by atomic mass is 10.0. The van der Waals surface area contributed by atoms with Crippen molar-refractivity contribution in [3.05, 3.63) is 29.8 Å². The Labute approximate surface area is 152 Å². The molecule has 1 aliphatic heterocycles. The van der Waals surface area contributed by atoms with Gasteiger partial charge in [0.15, 0.2) is 0 Å². The zero-order chi connectivity index (χ0) is 18.5. The van der Waals surface area contributed by atoms with Gasteiger partial charge in [0.2, 0.25) is 5.91 Å². The molecule has 3 rings (SSSR count).